The average Bonchev–Trinajstić information content (AvgIpc) is 3.72. The number of nitrogens with zero attached hydrogens (tertiary/aromatic N) is 3. The number of carbonyl (C=O) groups is 2. The van der Waals surface area contributed by atoms with Crippen molar-refractivity contribution >= 4 is 34.3 Å². The van der Waals surface area contributed by atoms with E-state index in [4.69, 9.17) is 9.47 Å². The van der Waals surface area contributed by atoms with Gasteiger partial charge >= 0.3 is 12.1 Å². The predicted molar refractivity (Wildman–Crippen MR) is 145 cm³/mol. The molecule has 1 unspecified atom stereocenters. The topological polar surface area (TPSA) is 122 Å². The number of pyridine rings is 1. The minimum Gasteiger partial charge on any atom is -0.488 e. The van der Waals surface area contributed by atoms with Crippen molar-refractivity contribution in [2.75, 3.05) is 42.6 Å². The van der Waals surface area contributed by atoms with Crippen LogP contribution in [0.4, 0.5) is 25.0 Å². The zero-order valence-corrected chi connectivity index (χ0v) is 22.1. The fourth-order valence-corrected chi connectivity index (χ4v) is 5.59. The summed E-state index contributed by atoms with van der Waals surface area (Å²) in [7, 11) is 0. The van der Waals surface area contributed by atoms with Gasteiger partial charge in [-0.25, -0.2) is 18.4 Å². The third-order valence-corrected chi connectivity index (χ3v) is 8.01. The molecule has 1 saturated carbocycles. The Morgan fingerprint density at radius 1 is 1.07 bits per heavy atom. The molecule has 1 aliphatic carbocycles. The van der Waals surface area contributed by atoms with Crippen LogP contribution in [-0.2, 0) is 4.74 Å². The number of anilines is 2. The molecule has 2 N–H and O–H groups in total. The van der Waals surface area contributed by atoms with E-state index in [1.165, 1.54) is 23.2 Å². The van der Waals surface area contributed by atoms with Gasteiger partial charge in [-0.05, 0) is 56.4 Å². The van der Waals surface area contributed by atoms with Crippen molar-refractivity contribution in [1.29, 1.82) is 0 Å². The molecule has 1 amide bonds. The Bertz CT molecular complexity index is 1610. The normalized spacial score (nSPS) is 21.2. The maximum Gasteiger partial charge on any atom is 0.414 e. The Balaban J connectivity index is 1.19. The van der Waals surface area contributed by atoms with Gasteiger partial charge in [0.25, 0.3) is 0 Å². The average molecular weight is 570 g/mol. The molecule has 2 saturated heterocycles. The number of aromatic nitrogens is 1. The summed E-state index contributed by atoms with van der Waals surface area (Å²) in [6.07, 6.45) is 3.54. The number of benzene rings is 2. The molecule has 216 valence electrons. The van der Waals surface area contributed by atoms with Gasteiger partial charge in [-0.15, -0.1) is 0 Å². The molecule has 12 heteroatoms. The Hall–Kier alpha value is -4.19. The molecule has 6 rings (SSSR count). The third-order valence-electron chi connectivity index (χ3n) is 8.01. The van der Waals surface area contributed by atoms with E-state index in [-0.39, 0.29) is 54.6 Å². The summed E-state index contributed by atoms with van der Waals surface area (Å²) in [5, 5.41) is 20.8. The smallest absolute Gasteiger partial charge is 0.414 e. The van der Waals surface area contributed by atoms with E-state index < -0.39 is 34.7 Å². The first-order valence-electron chi connectivity index (χ1n) is 13.6. The van der Waals surface area contributed by atoms with Crippen LogP contribution >= 0.6 is 0 Å². The summed E-state index contributed by atoms with van der Waals surface area (Å²) < 4.78 is 42.4. The number of halogens is 2. The highest BCUT2D eigenvalue weighted by atomic mass is 19.1. The van der Waals surface area contributed by atoms with Crippen LogP contribution in [0.3, 0.4) is 0 Å². The first-order chi connectivity index (χ1) is 19.6. The van der Waals surface area contributed by atoms with Crippen molar-refractivity contribution in [3.8, 4) is 5.75 Å². The van der Waals surface area contributed by atoms with Crippen molar-refractivity contribution in [3.63, 3.8) is 0 Å². The zero-order valence-electron chi connectivity index (χ0n) is 22.1. The van der Waals surface area contributed by atoms with Crippen molar-refractivity contribution in [2.45, 2.75) is 43.7 Å². The molecule has 3 aliphatic rings. The molecule has 2 aromatic carbocycles. The summed E-state index contributed by atoms with van der Waals surface area (Å²) in [5.74, 6) is -2.73. The van der Waals surface area contributed by atoms with Crippen molar-refractivity contribution < 1.29 is 38.1 Å². The number of aromatic carboxylic acids is 1. The standard InChI is InChI=1S/C29H29F2N3O7/c30-21-13-19-23(34(17-2-3-17)15-20(26(19)35)27(36)37)14-24(21)32-8-1-6-29(39,7-9-32)16-41-25-5-4-18(12-22(25)31)33-10-11-40-28(33)38/h4-5,12-15,17,39H,1-3,6-11,16H2,(H,36,37). The van der Waals surface area contributed by atoms with Gasteiger partial charge in [0.1, 0.15) is 30.2 Å². The van der Waals surface area contributed by atoms with E-state index in [9.17, 15) is 29.0 Å². The van der Waals surface area contributed by atoms with Crippen LogP contribution in [0.2, 0.25) is 0 Å². The summed E-state index contributed by atoms with van der Waals surface area (Å²) in [4.78, 5) is 39.3. The van der Waals surface area contributed by atoms with Crippen LogP contribution in [0, 0.1) is 11.6 Å². The Labute approximate surface area is 233 Å². The molecule has 3 fully saturated rings. The highest BCUT2D eigenvalue weighted by molar-refractivity contribution is 5.93. The van der Waals surface area contributed by atoms with Gasteiger partial charge in [-0.3, -0.25) is 9.69 Å². The Kier molecular flexibility index (Phi) is 6.80. The maximum atomic E-state index is 15.4. The highest BCUT2D eigenvalue weighted by Crippen LogP contribution is 2.38. The number of hydrogen-bond acceptors (Lipinski definition) is 7. The van der Waals surface area contributed by atoms with E-state index in [1.54, 1.807) is 21.6 Å². The van der Waals surface area contributed by atoms with Crippen molar-refractivity contribution in [1.82, 2.24) is 4.57 Å². The van der Waals surface area contributed by atoms with Crippen LogP contribution in [-0.4, -0.2) is 65.3 Å². The largest absolute Gasteiger partial charge is 0.488 e. The van der Waals surface area contributed by atoms with E-state index in [2.05, 4.69) is 0 Å². The minimum atomic E-state index is -1.35. The maximum absolute atomic E-state index is 15.4. The second kappa shape index (κ2) is 10.3. The number of hydrogen-bond donors (Lipinski definition) is 2. The first kappa shape index (κ1) is 27.0. The lowest BCUT2D eigenvalue weighted by Gasteiger charge is -2.28. The molecular formula is C29H29F2N3O7. The molecule has 3 heterocycles. The van der Waals surface area contributed by atoms with Crippen LogP contribution in [0.15, 0.2) is 41.3 Å². The van der Waals surface area contributed by atoms with Gasteiger partial charge in [0.05, 0.1) is 23.4 Å². The molecule has 3 aromatic rings. The molecular weight excluding hydrogens is 540 g/mol. The molecule has 10 nitrogen and oxygen atoms in total. The number of fused-ring (bicyclic) bond motifs is 1. The first-order valence-corrected chi connectivity index (χ1v) is 13.6. The van der Waals surface area contributed by atoms with E-state index in [0.29, 0.717) is 37.1 Å². The van der Waals surface area contributed by atoms with E-state index in [1.807, 2.05) is 0 Å². The van der Waals surface area contributed by atoms with Gasteiger partial charge in [-0.1, -0.05) is 0 Å². The lowest BCUT2D eigenvalue weighted by Crippen LogP contribution is -2.37. The van der Waals surface area contributed by atoms with Crippen molar-refractivity contribution in [2.24, 2.45) is 0 Å². The number of carbonyl (C=O) groups excluding carboxylic acids is 1. The fourth-order valence-electron chi connectivity index (χ4n) is 5.59. The number of carboxylic acids is 1. The van der Waals surface area contributed by atoms with E-state index in [0.717, 1.165) is 18.9 Å². The highest BCUT2D eigenvalue weighted by Gasteiger charge is 2.33. The second-order valence-electron chi connectivity index (χ2n) is 10.9. The predicted octanol–water partition coefficient (Wildman–Crippen LogP) is 4.07. The SMILES string of the molecule is O=C(O)c1cn(C2CC2)c2cc(N3CCCC(O)(COc4ccc(N5CCOC5=O)cc4F)CC3)c(F)cc2c1=O. The van der Waals surface area contributed by atoms with Gasteiger partial charge in [-0.2, -0.15) is 0 Å². The fraction of sp³-hybridized carbons (Fsp3) is 0.414. The summed E-state index contributed by atoms with van der Waals surface area (Å²) in [5.41, 5.74) is -1.31. The van der Waals surface area contributed by atoms with Crippen molar-refractivity contribution in [3.05, 3.63) is 63.9 Å². The number of carboxylic acid groups (broad SMARTS) is 1. The third kappa shape index (κ3) is 5.19. The van der Waals surface area contributed by atoms with Crippen LogP contribution in [0.5, 0.6) is 5.75 Å². The summed E-state index contributed by atoms with van der Waals surface area (Å²) in [6, 6.07) is 6.88. The molecule has 1 atom stereocenters. The Morgan fingerprint density at radius 2 is 1.88 bits per heavy atom. The number of rotatable bonds is 7. The van der Waals surface area contributed by atoms with Crippen LogP contribution < -0.4 is 20.0 Å². The van der Waals surface area contributed by atoms with E-state index >= 15 is 4.39 Å². The zero-order chi connectivity index (χ0) is 28.9. The molecule has 2 aliphatic heterocycles. The number of ether oxygens (including phenoxy) is 2. The van der Waals surface area contributed by atoms with Crippen LogP contribution in [0.1, 0.15) is 48.5 Å². The molecule has 0 spiro atoms. The molecule has 1 aromatic heterocycles. The monoisotopic (exact) mass is 569 g/mol. The summed E-state index contributed by atoms with van der Waals surface area (Å²) in [6.45, 7) is 1.09. The molecule has 41 heavy (non-hydrogen) atoms. The van der Waals surface area contributed by atoms with Gasteiger partial charge in [0.15, 0.2) is 11.6 Å². The van der Waals surface area contributed by atoms with Gasteiger partial charge in [0, 0.05) is 36.8 Å². The minimum absolute atomic E-state index is 0.0208. The number of aliphatic hydroxyl groups is 1. The Morgan fingerprint density at radius 3 is 2.56 bits per heavy atom. The number of amides is 1. The lowest BCUT2D eigenvalue weighted by atomic mass is 9.96. The van der Waals surface area contributed by atoms with Crippen LogP contribution in [0.25, 0.3) is 10.9 Å². The quantitative estimate of drug-likeness (QED) is 0.437. The summed E-state index contributed by atoms with van der Waals surface area (Å²) >= 11 is 0. The van der Waals surface area contributed by atoms with Gasteiger partial charge < -0.3 is 29.2 Å². The van der Waals surface area contributed by atoms with Gasteiger partial charge in [0.2, 0.25) is 5.43 Å². The second-order valence-corrected chi connectivity index (χ2v) is 10.9. The molecule has 0 radical (unpaired) electrons. The molecule has 0 bridgehead atoms. The number of cyclic esters (lactones) is 1. The lowest BCUT2D eigenvalue weighted by molar-refractivity contribution is -0.0153.